The van der Waals surface area contributed by atoms with Gasteiger partial charge in [-0.2, -0.15) is 0 Å². The molecule has 0 aliphatic carbocycles. The summed E-state index contributed by atoms with van der Waals surface area (Å²) in [7, 11) is 4.69. The van der Waals surface area contributed by atoms with Gasteiger partial charge < -0.3 is 24.4 Å². The van der Waals surface area contributed by atoms with Crippen LogP contribution in [0.2, 0.25) is 0 Å². The van der Waals surface area contributed by atoms with Gasteiger partial charge in [0.2, 0.25) is 5.91 Å². The summed E-state index contributed by atoms with van der Waals surface area (Å²) in [4.78, 5) is 44.5. The molecule has 0 radical (unpaired) electrons. The van der Waals surface area contributed by atoms with Gasteiger partial charge in [-0.25, -0.2) is 4.98 Å². The molecule has 2 aromatic carbocycles. The molecule has 10 heteroatoms. The largest absolute Gasteiger partial charge is 0.497 e. The lowest BCUT2D eigenvalue weighted by atomic mass is 9.97. The van der Waals surface area contributed by atoms with Crippen LogP contribution in [0, 0.1) is 6.92 Å². The molecule has 0 spiro atoms. The summed E-state index contributed by atoms with van der Waals surface area (Å²) < 4.78 is 15.8. The molecule has 1 aromatic heterocycles. The van der Waals surface area contributed by atoms with Gasteiger partial charge in [0.25, 0.3) is 5.91 Å². The Morgan fingerprint density at radius 2 is 1.64 bits per heavy atom. The van der Waals surface area contributed by atoms with Crippen LogP contribution in [0.3, 0.4) is 0 Å². The lowest BCUT2D eigenvalue weighted by Gasteiger charge is -2.31. The summed E-state index contributed by atoms with van der Waals surface area (Å²) in [5.74, 6) is 1.64. The number of nitrogens with zero attached hydrogens (tertiary/aromatic N) is 2. The first-order chi connectivity index (χ1) is 18.8. The number of benzene rings is 2. The van der Waals surface area contributed by atoms with Crippen molar-refractivity contribution in [3.8, 4) is 17.2 Å². The van der Waals surface area contributed by atoms with E-state index < -0.39 is 0 Å². The molecule has 2 heterocycles. The molecule has 0 unspecified atom stereocenters. The van der Waals surface area contributed by atoms with Gasteiger partial charge in [0.15, 0.2) is 17.3 Å². The lowest BCUT2D eigenvalue weighted by Crippen LogP contribution is -2.38. The van der Waals surface area contributed by atoms with Crippen molar-refractivity contribution in [2.75, 3.05) is 39.7 Å². The molecule has 0 atom stereocenters. The number of hydrogen-bond donors (Lipinski definition) is 1. The van der Waals surface area contributed by atoms with Gasteiger partial charge in [0.1, 0.15) is 11.4 Å². The van der Waals surface area contributed by atoms with E-state index >= 15 is 0 Å². The fraction of sp³-hybridized carbons (Fsp3) is 0.379. The molecular formula is C29H33N3O6S. The fourth-order valence-corrected chi connectivity index (χ4v) is 5.53. The number of Topliss-reactive ketones (excluding diaryl/α,β-unsaturated/α-hetero) is 1. The van der Waals surface area contributed by atoms with Crippen LogP contribution >= 0.6 is 11.3 Å². The van der Waals surface area contributed by atoms with Crippen LogP contribution in [0.25, 0.3) is 0 Å². The van der Waals surface area contributed by atoms with Crippen LogP contribution in [0.15, 0.2) is 41.8 Å². The Kier molecular flexibility index (Phi) is 9.19. The maximum absolute atomic E-state index is 12.9. The minimum Gasteiger partial charge on any atom is -0.497 e. The molecule has 39 heavy (non-hydrogen) atoms. The van der Waals surface area contributed by atoms with E-state index in [4.69, 9.17) is 14.2 Å². The van der Waals surface area contributed by atoms with E-state index in [1.165, 1.54) is 11.3 Å². The van der Waals surface area contributed by atoms with Crippen LogP contribution < -0.4 is 19.5 Å². The first-order valence-corrected chi connectivity index (χ1v) is 13.6. The van der Waals surface area contributed by atoms with E-state index in [9.17, 15) is 14.4 Å². The minimum absolute atomic E-state index is 0.0141. The molecular weight excluding hydrogens is 518 g/mol. The number of rotatable bonds is 10. The SMILES string of the molecule is COc1ccc(C(=O)CCC(=O)N2CCC(c3nc(C(=O)Nc4cc(OC)c(OC)cc4C)cs3)CC2)cc1. The number of anilines is 1. The number of ether oxygens (including phenoxy) is 3. The van der Waals surface area contributed by atoms with E-state index in [-0.39, 0.29) is 36.4 Å². The number of likely N-dealkylation sites (tertiary alicyclic amines) is 1. The van der Waals surface area contributed by atoms with Gasteiger partial charge in [0.05, 0.1) is 26.3 Å². The van der Waals surface area contributed by atoms with Gasteiger partial charge in [-0.05, 0) is 55.7 Å². The second kappa shape index (κ2) is 12.8. The maximum atomic E-state index is 12.9. The van der Waals surface area contributed by atoms with Gasteiger partial charge in [-0.15, -0.1) is 11.3 Å². The molecule has 1 aliphatic rings. The highest BCUT2D eigenvalue weighted by molar-refractivity contribution is 7.10. The Bertz CT molecular complexity index is 1330. The summed E-state index contributed by atoms with van der Waals surface area (Å²) >= 11 is 1.46. The van der Waals surface area contributed by atoms with E-state index in [0.717, 1.165) is 23.4 Å². The van der Waals surface area contributed by atoms with Crippen molar-refractivity contribution < 1.29 is 28.6 Å². The number of ketones is 1. The Balaban J connectivity index is 1.28. The standard InChI is InChI=1S/C29H33N3O6S/c1-18-15-25(37-3)26(38-4)16-22(18)30-28(35)23-17-39-29(31-23)20-11-13-32(14-12-20)27(34)10-9-24(33)19-5-7-21(36-2)8-6-19/h5-8,15-17,20H,9-14H2,1-4H3,(H,30,35). The van der Waals surface area contributed by atoms with Crippen molar-refractivity contribution in [2.45, 2.75) is 38.5 Å². The van der Waals surface area contributed by atoms with Crippen molar-refractivity contribution in [1.82, 2.24) is 9.88 Å². The number of aromatic nitrogens is 1. The van der Waals surface area contributed by atoms with Crippen LogP contribution in [-0.4, -0.2) is 61.9 Å². The van der Waals surface area contributed by atoms with Gasteiger partial charge in [-0.3, -0.25) is 14.4 Å². The van der Waals surface area contributed by atoms with E-state index in [1.54, 1.807) is 57.0 Å². The molecule has 0 bridgehead atoms. The number of nitrogens with one attached hydrogen (secondary N) is 1. The lowest BCUT2D eigenvalue weighted by molar-refractivity contribution is -0.132. The second-order valence-corrected chi connectivity index (χ2v) is 10.2. The minimum atomic E-state index is -0.290. The molecule has 206 valence electrons. The highest BCUT2D eigenvalue weighted by Gasteiger charge is 2.27. The summed E-state index contributed by atoms with van der Waals surface area (Å²) in [5.41, 5.74) is 2.41. The maximum Gasteiger partial charge on any atom is 0.275 e. The van der Waals surface area contributed by atoms with Crippen LogP contribution in [-0.2, 0) is 4.79 Å². The molecule has 1 saturated heterocycles. The van der Waals surface area contributed by atoms with Crippen LogP contribution in [0.4, 0.5) is 5.69 Å². The number of carbonyl (C=O) groups excluding carboxylic acids is 3. The van der Waals surface area contributed by atoms with Crippen molar-refractivity contribution in [3.63, 3.8) is 0 Å². The molecule has 1 N–H and O–H groups in total. The summed E-state index contributed by atoms with van der Waals surface area (Å²) in [6.07, 6.45) is 1.89. The third kappa shape index (κ3) is 6.75. The fourth-order valence-electron chi connectivity index (χ4n) is 4.56. The second-order valence-electron chi connectivity index (χ2n) is 9.35. The molecule has 0 saturated carbocycles. The Hall–Kier alpha value is -3.92. The summed E-state index contributed by atoms with van der Waals surface area (Å²) in [6, 6.07) is 10.5. The van der Waals surface area contributed by atoms with Crippen molar-refractivity contribution in [1.29, 1.82) is 0 Å². The van der Waals surface area contributed by atoms with Crippen molar-refractivity contribution in [2.24, 2.45) is 0 Å². The number of amides is 2. The average molecular weight is 552 g/mol. The summed E-state index contributed by atoms with van der Waals surface area (Å²) in [5, 5.41) is 5.58. The molecule has 2 amide bonds. The average Bonchev–Trinajstić information content (AvgIpc) is 3.47. The normalized spacial score (nSPS) is 13.6. The third-order valence-corrected chi connectivity index (χ3v) is 7.92. The number of piperidine rings is 1. The first kappa shape index (κ1) is 28.1. The highest BCUT2D eigenvalue weighted by Crippen LogP contribution is 2.34. The van der Waals surface area contributed by atoms with Crippen molar-refractivity contribution >= 4 is 34.6 Å². The Morgan fingerprint density at radius 3 is 2.28 bits per heavy atom. The smallest absolute Gasteiger partial charge is 0.275 e. The van der Waals surface area contributed by atoms with Crippen molar-refractivity contribution in [3.05, 3.63) is 63.6 Å². The predicted octanol–water partition coefficient (Wildman–Crippen LogP) is 5.10. The quantitative estimate of drug-likeness (QED) is 0.350. The Morgan fingerprint density at radius 1 is 0.974 bits per heavy atom. The molecule has 1 aliphatic heterocycles. The topological polar surface area (TPSA) is 107 Å². The molecule has 3 aromatic rings. The van der Waals surface area contributed by atoms with Crippen LogP contribution in [0.1, 0.15) is 63.0 Å². The van der Waals surface area contributed by atoms with Crippen LogP contribution in [0.5, 0.6) is 17.2 Å². The molecule has 4 rings (SSSR count). The number of hydrogen-bond acceptors (Lipinski definition) is 8. The monoisotopic (exact) mass is 551 g/mol. The Labute approximate surface area is 232 Å². The zero-order valence-electron chi connectivity index (χ0n) is 22.6. The highest BCUT2D eigenvalue weighted by atomic mass is 32.1. The number of aryl methyl sites for hydroxylation is 1. The first-order valence-electron chi connectivity index (χ1n) is 12.8. The molecule has 1 fully saturated rings. The van der Waals surface area contributed by atoms with Gasteiger partial charge >= 0.3 is 0 Å². The number of methoxy groups -OCH3 is 3. The van der Waals surface area contributed by atoms with Gasteiger partial charge in [-0.1, -0.05) is 0 Å². The zero-order chi connectivity index (χ0) is 27.9. The third-order valence-electron chi connectivity index (χ3n) is 6.91. The zero-order valence-corrected chi connectivity index (χ0v) is 23.4. The number of carbonyl (C=O) groups is 3. The number of thiazole rings is 1. The van der Waals surface area contributed by atoms with Gasteiger partial charge in [0, 0.05) is 54.5 Å². The summed E-state index contributed by atoms with van der Waals surface area (Å²) in [6.45, 7) is 3.09. The van der Waals surface area contributed by atoms with E-state index in [0.29, 0.717) is 47.3 Å². The molecule has 9 nitrogen and oxygen atoms in total. The predicted molar refractivity (Wildman–Crippen MR) is 149 cm³/mol. The van der Waals surface area contributed by atoms with E-state index in [2.05, 4.69) is 10.3 Å². The van der Waals surface area contributed by atoms with E-state index in [1.807, 2.05) is 17.9 Å².